The van der Waals surface area contributed by atoms with E-state index in [-0.39, 0.29) is 0 Å². The van der Waals surface area contributed by atoms with Gasteiger partial charge in [-0.3, -0.25) is 4.79 Å². The highest BCUT2D eigenvalue weighted by Gasteiger charge is 2.27. The largest absolute Gasteiger partial charge is 0.480 e. The number of anilines is 1. The Kier molecular flexibility index (Phi) is 3.77. The molecule has 0 bridgehead atoms. The number of amides is 1. The summed E-state index contributed by atoms with van der Waals surface area (Å²) in [5.41, 5.74) is 4.98. The molecule has 0 spiro atoms. The van der Waals surface area contributed by atoms with Gasteiger partial charge in [-0.2, -0.15) is 0 Å². The van der Waals surface area contributed by atoms with Gasteiger partial charge < -0.3 is 16.2 Å². The van der Waals surface area contributed by atoms with Crippen molar-refractivity contribution in [1.82, 2.24) is 0 Å². The summed E-state index contributed by atoms with van der Waals surface area (Å²) in [6.07, 6.45) is 0. The number of carbonyl (C=O) groups excluding carboxylic acids is 1. The summed E-state index contributed by atoms with van der Waals surface area (Å²) in [5.74, 6) is -1.50. The van der Waals surface area contributed by atoms with Crippen LogP contribution < -0.4 is 11.1 Å². The van der Waals surface area contributed by atoms with Gasteiger partial charge in [0.2, 0.25) is 5.91 Å². The third-order valence-corrected chi connectivity index (χ3v) is 2.89. The lowest BCUT2D eigenvalue weighted by atomic mass is 10.1. The van der Waals surface area contributed by atoms with E-state index in [4.69, 9.17) is 10.8 Å². The molecule has 0 heterocycles. The quantitative estimate of drug-likeness (QED) is 0.791. The number of nitrogens with one attached hydrogen (secondary N) is 1. The molecule has 0 aliphatic carbocycles. The second-order valence-corrected chi connectivity index (χ2v) is 4.97. The Hall–Kier alpha value is -1.56. The molecule has 1 amide bonds. The normalized spacial score (nSPS) is 11.0. The SMILES string of the molecule is CC(C)(Nc1ccc(C(N)=O)cc1Br)C(=O)O. The van der Waals surface area contributed by atoms with Crippen LogP contribution in [-0.4, -0.2) is 22.5 Å². The Morgan fingerprint density at radius 3 is 2.41 bits per heavy atom. The molecule has 0 saturated carbocycles. The number of carboxylic acids is 1. The van der Waals surface area contributed by atoms with Gasteiger partial charge >= 0.3 is 5.97 Å². The maximum absolute atomic E-state index is 11.0. The average Bonchev–Trinajstić information content (AvgIpc) is 2.20. The Morgan fingerprint density at radius 1 is 1.41 bits per heavy atom. The Morgan fingerprint density at radius 2 is 2.00 bits per heavy atom. The number of halogens is 1. The maximum atomic E-state index is 11.0. The van der Waals surface area contributed by atoms with Gasteiger partial charge in [-0.25, -0.2) is 4.79 Å². The summed E-state index contributed by atoms with van der Waals surface area (Å²) in [6.45, 7) is 3.09. The lowest BCUT2D eigenvalue weighted by molar-refractivity contribution is -0.141. The molecule has 17 heavy (non-hydrogen) atoms. The van der Waals surface area contributed by atoms with Crippen molar-refractivity contribution in [2.75, 3.05) is 5.32 Å². The van der Waals surface area contributed by atoms with Crippen LogP contribution in [0.5, 0.6) is 0 Å². The number of carboxylic acid groups (broad SMARTS) is 1. The molecule has 6 heteroatoms. The number of primary amides is 1. The van der Waals surface area contributed by atoms with Crippen molar-refractivity contribution in [3.8, 4) is 0 Å². The van der Waals surface area contributed by atoms with E-state index >= 15 is 0 Å². The molecule has 0 atom stereocenters. The summed E-state index contributed by atoms with van der Waals surface area (Å²) < 4.78 is 0.586. The lowest BCUT2D eigenvalue weighted by Gasteiger charge is -2.23. The third-order valence-electron chi connectivity index (χ3n) is 2.24. The first-order chi connectivity index (χ1) is 7.74. The molecule has 4 N–H and O–H groups in total. The van der Waals surface area contributed by atoms with Crippen LogP contribution in [0.15, 0.2) is 22.7 Å². The van der Waals surface area contributed by atoms with E-state index in [0.717, 1.165) is 0 Å². The van der Waals surface area contributed by atoms with E-state index in [2.05, 4.69) is 21.2 Å². The molecule has 0 unspecified atom stereocenters. The molecular weight excluding hydrogens is 288 g/mol. The van der Waals surface area contributed by atoms with Crippen molar-refractivity contribution < 1.29 is 14.7 Å². The smallest absolute Gasteiger partial charge is 0.328 e. The van der Waals surface area contributed by atoms with Gasteiger partial charge in [-0.05, 0) is 48.0 Å². The third kappa shape index (κ3) is 3.20. The minimum atomic E-state index is -1.10. The van der Waals surface area contributed by atoms with Crippen LogP contribution in [0, 0.1) is 0 Å². The lowest BCUT2D eigenvalue weighted by Crippen LogP contribution is -2.40. The van der Waals surface area contributed by atoms with Gasteiger partial charge in [-0.1, -0.05) is 0 Å². The maximum Gasteiger partial charge on any atom is 0.328 e. The fourth-order valence-electron chi connectivity index (χ4n) is 1.16. The highest BCUT2D eigenvalue weighted by Crippen LogP contribution is 2.26. The zero-order valence-corrected chi connectivity index (χ0v) is 11.0. The number of benzene rings is 1. The van der Waals surface area contributed by atoms with Gasteiger partial charge in [0.05, 0.1) is 0 Å². The van der Waals surface area contributed by atoms with Crippen molar-refractivity contribution >= 4 is 33.5 Å². The predicted octanol–water partition coefficient (Wildman–Crippen LogP) is 1.82. The first-order valence-corrected chi connectivity index (χ1v) is 5.64. The molecule has 0 aliphatic heterocycles. The number of hydrogen-bond acceptors (Lipinski definition) is 3. The highest BCUT2D eigenvalue weighted by molar-refractivity contribution is 9.10. The second kappa shape index (κ2) is 4.75. The Balaban J connectivity index is 3.02. The van der Waals surface area contributed by atoms with Crippen molar-refractivity contribution in [3.63, 3.8) is 0 Å². The Labute approximate surface area is 107 Å². The van der Waals surface area contributed by atoms with E-state index in [1.807, 2.05) is 0 Å². The van der Waals surface area contributed by atoms with Crippen LogP contribution in [0.2, 0.25) is 0 Å². The van der Waals surface area contributed by atoms with E-state index < -0.39 is 17.4 Å². The van der Waals surface area contributed by atoms with E-state index in [9.17, 15) is 9.59 Å². The molecule has 0 fully saturated rings. The van der Waals surface area contributed by atoms with E-state index in [1.54, 1.807) is 26.0 Å². The number of rotatable bonds is 4. The van der Waals surface area contributed by atoms with Gasteiger partial charge in [-0.15, -0.1) is 0 Å². The first kappa shape index (κ1) is 13.5. The number of hydrogen-bond donors (Lipinski definition) is 3. The number of carbonyl (C=O) groups is 2. The average molecular weight is 301 g/mol. The van der Waals surface area contributed by atoms with Gasteiger partial charge in [0.15, 0.2) is 0 Å². The van der Waals surface area contributed by atoms with Crippen LogP contribution in [0.25, 0.3) is 0 Å². The van der Waals surface area contributed by atoms with Crippen molar-refractivity contribution in [2.24, 2.45) is 5.73 Å². The first-order valence-electron chi connectivity index (χ1n) is 4.85. The van der Waals surface area contributed by atoms with E-state index in [1.165, 1.54) is 6.07 Å². The van der Waals surface area contributed by atoms with Crippen LogP contribution in [0.1, 0.15) is 24.2 Å². The molecule has 1 aromatic rings. The molecule has 0 radical (unpaired) electrons. The van der Waals surface area contributed by atoms with Crippen LogP contribution in [0.3, 0.4) is 0 Å². The fourth-order valence-corrected chi connectivity index (χ4v) is 1.64. The van der Waals surface area contributed by atoms with Gasteiger partial charge in [0, 0.05) is 15.7 Å². The summed E-state index contributed by atoms with van der Waals surface area (Å²) in [5, 5.41) is 11.8. The number of aliphatic carboxylic acids is 1. The molecule has 92 valence electrons. The molecular formula is C11H13BrN2O3. The van der Waals surface area contributed by atoms with E-state index in [0.29, 0.717) is 15.7 Å². The topological polar surface area (TPSA) is 92.4 Å². The van der Waals surface area contributed by atoms with Crippen molar-refractivity contribution in [3.05, 3.63) is 28.2 Å². The van der Waals surface area contributed by atoms with Crippen LogP contribution in [0.4, 0.5) is 5.69 Å². The fraction of sp³-hybridized carbons (Fsp3) is 0.273. The van der Waals surface area contributed by atoms with Crippen LogP contribution in [-0.2, 0) is 4.79 Å². The summed E-state index contributed by atoms with van der Waals surface area (Å²) in [6, 6.07) is 4.69. The minimum absolute atomic E-state index is 0.357. The molecule has 0 saturated heterocycles. The summed E-state index contributed by atoms with van der Waals surface area (Å²) >= 11 is 3.25. The van der Waals surface area contributed by atoms with Gasteiger partial charge in [0.1, 0.15) is 5.54 Å². The van der Waals surface area contributed by atoms with Crippen LogP contribution >= 0.6 is 15.9 Å². The van der Waals surface area contributed by atoms with Crippen molar-refractivity contribution in [1.29, 1.82) is 0 Å². The number of nitrogens with two attached hydrogens (primary N) is 1. The molecule has 0 aromatic heterocycles. The second-order valence-electron chi connectivity index (χ2n) is 4.11. The van der Waals surface area contributed by atoms with Crippen molar-refractivity contribution in [2.45, 2.75) is 19.4 Å². The zero-order valence-electron chi connectivity index (χ0n) is 9.45. The minimum Gasteiger partial charge on any atom is -0.480 e. The standard InChI is InChI=1S/C11H13BrN2O3/c1-11(2,10(16)17)14-8-4-3-6(9(13)15)5-7(8)12/h3-5,14H,1-2H3,(H2,13,15)(H,16,17). The Bertz CT molecular complexity index is 472. The highest BCUT2D eigenvalue weighted by atomic mass is 79.9. The summed E-state index contributed by atoms with van der Waals surface area (Å²) in [7, 11) is 0. The molecule has 0 aliphatic rings. The molecule has 5 nitrogen and oxygen atoms in total. The predicted molar refractivity (Wildman–Crippen MR) is 68.0 cm³/mol. The zero-order chi connectivity index (χ0) is 13.2. The monoisotopic (exact) mass is 300 g/mol. The summed E-state index contributed by atoms with van der Waals surface area (Å²) in [4.78, 5) is 21.9. The van der Waals surface area contributed by atoms with Gasteiger partial charge in [0.25, 0.3) is 0 Å². The molecule has 1 aromatic carbocycles. The molecule has 1 rings (SSSR count).